The second-order valence-corrected chi connectivity index (χ2v) is 19.2. The topological polar surface area (TPSA) is 61.8 Å². The third kappa shape index (κ3) is 57.1. The number of ether oxygens (including phenoxy) is 3. The molecule has 0 bridgehead atoms. The van der Waals surface area contributed by atoms with Crippen LogP contribution in [-0.4, -0.2) is 37.9 Å². The van der Waals surface area contributed by atoms with Crippen molar-refractivity contribution in [1.82, 2.24) is 0 Å². The molecule has 5 nitrogen and oxygen atoms in total. The minimum absolute atomic E-state index is 0.0293. The van der Waals surface area contributed by atoms with Crippen molar-refractivity contribution in [2.24, 2.45) is 0 Å². The highest BCUT2D eigenvalue weighted by Gasteiger charge is 2.17. The molecule has 0 aliphatic rings. The number of unbranched alkanes of at least 4 members (excludes halogenated alkanes) is 24. The molecule has 0 fully saturated rings. The molecule has 0 aromatic carbocycles. The van der Waals surface area contributed by atoms with Gasteiger partial charge in [0.1, 0.15) is 6.61 Å². The van der Waals surface area contributed by atoms with Crippen LogP contribution in [0.2, 0.25) is 0 Å². The zero-order valence-corrected chi connectivity index (χ0v) is 46.0. The van der Waals surface area contributed by atoms with Gasteiger partial charge in [-0.25, -0.2) is 0 Å². The van der Waals surface area contributed by atoms with E-state index >= 15 is 0 Å². The fourth-order valence-electron chi connectivity index (χ4n) is 7.89. The Morgan fingerprint density at radius 1 is 0.314 bits per heavy atom. The van der Waals surface area contributed by atoms with Crippen LogP contribution in [0, 0.1) is 0 Å². The van der Waals surface area contributed by atoms with E-state index in [9.17, 15) is 9.59 Å². The molecule has 0 heterocycles. The van der Waals surface area contributed by atoms with Gasteiger partial charge in [-0.1, -0.05) is 259 Å². The summed E-state index contributed by atoms with van der Waals surface area (Å²) in [4.78, 5) is 25.5. The summed E-state index contributed by atoms with van der Waals surface area (Å²) in [6.45, 7) is 7.68. The molecule has 0 aromatic rings. The van der Waals surface area contributed by atoms with Crippen LogP contribution in [0.5, 0.6) is 0 Å². The van der Waals surface area contributed by atoms with Gasteiger partial charge >= 0.3 is 11.9 Å². The van der Waals surface area contributed by atoms with Crippen LogP contribution in [0.15, 0.2) is 109 Å². The molecule has 5 heteroatoms. The molecule has 1 atom stereocenters. The van der Waals surface area contributed by atoms with Crippen LogP contribution in [0.4, 0.5) is 0 Å². The van der Waals surface area contributed by atoms with Gasteiger partial charge in [0.05, 0.1) is 6.61 Å². The van der Waals surface area contributed by atoms with Crippen LogP contribution in [0.25, 0.3) is 0 Å². The molecule has 0 unspecified atom stereocenters. The summed E-state index contributed by atoms with van der Waals surface area (Å²) in [6, 6.07) is 0. The van der Waals surface area contributed by atoms with E-state index < -0.39 is 6.10 Å². The number of hydrogen-bond acceptors (Lipinski definition) is 5. The van der Waals surface area contributed by atoms with Crippen molar-refractivity contribution in [3.05, 3.63) is 109 Å². The number of rotatable bonds is 53. The van der Waals surface area contributed by atoms with Gasteiger partial charge in [-0.3, -0.25) is 9.59 Å². The lowest BCUT2D eigenvalue weighted by Gasteiger charge is -2.18. The van der Waals surface area contributed by atoms with Crippen molar-refractivity contribution in [3.8, 4) is 0 Å². The van der Waals surface area contributed by atoms with E-state index in [1.54, 1.807) is 0 Å². The zero-order chi connectivity index (χ0) is 50.6. The molecule has 0 spiro atoms. The monoisotopic (exact) mass is 971 g/mol. The van der Waals surface area contributed by atoms with Crippen molar-refractivity contribution >= 4 is 11.9 Å². The summed E-state index contributed by atoms with van der Waals surface area (Å²) in [6.07, 6.45) is 82.6. The van der Waals surface area contributed by atoms with Gasteiger partial charge in [-0.05, 0) is 103 Å². The van der Waals surface area contributed by atoms with Crippen molar-refractivity contribution in [3.63, 3.8) is 0 Å². The van der Waals surface area contributed by atoms with Crippen LogP contribution in [0.1, 0.15) is 265 Å². The van der Waals surface area contributed by atoms with Crippen molar-refractivity contribution in [2.45, 2.75) is 271 Å². The number of hydrogen-bond donors (Lipinski definition) is 0. The maximum atomic E-state index is 12.9. The average molecular weight is 972 g/mol. The Morgan fingerprint density at radius 3 is 1.03 bits per heavy atom. The molecular weight excluding hydrogens is 861 g/mol. The summed E-state index contributed by atoms with van der Waals surface area (Å²) in [5.74, 6) is -0.525. The van der Waals surface area contributed by atoms with Gasteiger partial charge in [-0.2, -0.15) is 0 Å². The lowest BCUT2D eigenvalue weighted by molar-refractivity contribution is -0.162. The summed E-state index contributed by atoms with van der Waals surface area (Å²) >= 11 is 0. The van der Waals surface area contributed by atoms with Crippen LogP contribution in [0.3, 0.4) is 0 Å². The predicted octanol–water partition coefficient (Wildman–Crippen LogP) is 20.3. The lowest BCUT2D eigenvalue weighted by Crippen LogP contribution is -2.30. The number of allylic oxidation sites excluding steroid dienone is 18. The highest BCUT2D eigenvalue weighted by atomic mass is 16.6. The molecule has 0 saturated heterocycles. The number of carbonyl (C=O) groups excluding carboxylic acids is 2. The number of esters is 2. The lowest BCUT2D eigenvalue weighted by atomic mass is 10.0. The van der Waals surface area contributed by atoms with E-state index in [4.69, 9.17) is 14.2 Å². The fraction of sp³-hybridized carbons (Fsp3) is 0.692. The zero-order valence-electron chi connectivity index (χ0n) is 46.0. The first kappa shape index (κ1) is 66.6. The molecule has 0 aliphatic carbocycles. The summed E-state index contributed by atoms with van der Waals surface area (Å²) in [5.41, 5.74) is 0. The van der Waals surface area contributed by atoms with Crippen molar-refractivity contribution < 1.29 is 23.8 Å². The van der Waals surface area contributed by atoms with Crippen molar-refractivity contribution in [2.75, 3.05) is 19.8 Å². The Hall–Kier alpha value is -3.44. The van der Waals surface area contributed by atoms with Gasteiger partial charge in [0.15, 0.2) is 6.10 Å². The molecule has 400 valence electrons. The third-order valence-corrected chi connectivity index (χ3v) is 12.3. The van der Waals surface area contributed by atoms with Crippen molar-refractivity contribution in [1.29, 1.82) is 0 Å². The normalized spacial score (nSPS) is 13.0. The molecule has 0 aliphatic heterocycles. The Morgan fingerprint density at radius 2 is 0.629 bits per heavy atom. The van der Waals surface area contributed by atoms with E-state index in [1.165, 1.54) is 141 Å². The van der Waals surface area contributed by atoms with E-state index in [0.29, 0.717) is 25.9 Å². The van der Waals surface area contributed by atoms with Crippen LogP contribution < -0.4 is 0 Å². The van der Waals surface area contributed by atoms with E-state index in [2.05, 4.69) is 124 Å². The highest BCUT2D eigenvalue weighted by Crippen LogP contribution is 2.15. The molecular formula is C65H110O5. The molecule has 70 heavy (non-hydrogen) atoms. The van der Waals surface area contributed by atoms with Gasteiger partial charge in [0.25, 0.3) is 0 Å². The van der Waals surface area contributed by atoms with Gasteiger partial charge in [0, 0.05) is 19.4 Å². The maximum Gasteiger partial charge on any atom is 0.306 e. The maximum absolute atomic E-state index is 12.9. The highest BCUT2D eigenvalue weighted by molar-refractivity contribution is 5.70. The molecule has 0 aromatic heterocycles. The average Bonchev–Trinajstić information content (AvgIpc) is 3.36. The minimum Gasteiger partial charge on any atom is -0.462 e. The predicted molar refractivity (Wildman–Crippen MR) is 306 cm³/mol. The number of carbonyl (C=O) groups is 2. The Balaban J connectivity index is 4.46. The second-order valence-electron chi connectivity index (χ2n) is 19.2. The summed E-state index contributed by atoms with van der Waals surface area (Å²) in [7, 11) is 0. The van der Waals surface area contributed by atoms with Gasteiger partial charge in [-0.15, -0.1) is 0 Å². The second kappa shape index (κ2) is 59.9. The van der Waals surface area contributed by atoms with Gasteiger partial charge < -0.3 is 14.2 Å². The summed E-state index contributed by atoms with van der Waals surface area (Å²) < 4.78 is 17.4. The van der Waals surface area contributed by atoms with Gasteiger partial charge in [0.2, 0.25) is 0 Å². The fourth-order valence-corrected chi connectivity index (χ4v) is 7.89. The van der Waals surface area contributed by atoms with E-state index in [-0.39, 0.29) is 25.2 Å². The Kier molecular flexibility index (Phi) is 56.9. The smallest absolute Gasteiger partial charge is 0.306 e. The SMILES string of the molecule is CCCCC/C=C\C/C=C\C/C=C\C/C=C\C/C=C\CCC(=O)OC[C@@H](COCCCCCCCCCCCCCCCCCC)OC(=O)CCCCC/C=C\C/C=C\C/C=C\C/C=C\CCCCC. The molecule has 0 radical (unpaired) electrons. The molecule has 0 saturated carbocycles. The molecule has 0 N–H and O–H groups in total. The van der Waals surface area contributed by atoms with Crippen LogP contribution >= 0.6 is 0 Å². The molecule has 0 amide bonds. The van der Waals surface area contributed by atoms with E-state index in [1.807, 2.05) is 6.08 Å². The quantitative estimate of drug-likeness (QED) is 0.0345. The largest absolute Gasteiger partial charge is 0.462 e. The molecule has 0 rings (SSSR count). The first-order chi connectivity index (χ1) is 34.6. The van der Waals surface area contributed by atoms with E-state index in [0.717, 1.165) is 83.5 Å². The standard InChI is InChI=1S/C65H110O5/c1-4-7-10-13-16-19-22-25-28-31-33-35-37-40-43-46-49-52-55-58-64(66)69-62-63(61-68-60-57-54-51-48-45-42-39-30-27-24-21-18-15-12-9-6-3)70-65(67)59-56-53-50-47-44-41-38-36-34-32-29-26-23-20-17-14-11-8-5-2/h16-17,19-20,25-26,28-29,33-36,40-41,43-44,49,52,63H,4-15,18,21-24,27,30-32,37-39,42,45-48,50-51,53-62H2,1-3H3/b19-16-,20-17-,28-25-,29-26-,35-33-,36-34-,43-40-,44-41-,52-49-/t63-/m1/s1. The first-order valence-electron chi connectivity index (χ1n) is 29.4. The minimum atomic E-state index is -0.589. The summed E-state index contributed by atoms with van der Waals surface area (Å²) in [5, 5.41) is 0. The first-order valence-corrected chi connectivity index (χ1v) is 29.4. The third-order valence-electron chi connectivity index (χ3n) is 12.3. The Bertz CT molecular complexity index is 1380. The Labute approximate surface area is 434 Å². The van der Waals surface area contributed by atoms with Crippen LogP contribution in [-0.2, 0) is 23.8 Å².